The molecule has 5 nitrogen and oxygen atoms in total. The lowest BCUT2D eigenvalue weighted by Crippen LogP contribution is -2.47. The third kappa shape index (κ3) is 3.76. The number of ketones is 2. The van der Waals surface area contributed by atoms with E-state index in [9.17, 15) is 19.7 Å². The van der Waals surface area contributed by atoms with Crippen LogP contribution in [-0.2, 0) is 9.59 Å². The molecule has 0 aliphatic heterocycles. The first-order valence-electron chi connectivity index (χ1n) is 11.0. The van der Waals surface area contributed by atoms with Crippen molar-refractivity contribution in [3.05, 3.63) is 137 Å². The van der Waals surface area contributed by atoms with Crippen LogP contribution >= 0.6 is 6.89 Å². The predicted molar refractivity (Wildman–Crippen MR) is 141 cm³/mol. The number of nitro groups is 1. The number of rotatable bonds is 5. The lowest BCUT2D eigenvalue weighted by molar-refractivity contribution is -0.384. The van der Waals surface area contributed by atoms with E-state index in [0.717, 1.165) is 15.9 Å². The first-order chi connectivity index (χ1) is 17.0. The third-order valence-electron chi connectivity index (χ3n) is 6.10. The van der Waals surface area contributed by atoms with Gasteiger partial charge in [-0.05, 0) is 46.6 Å². The predicted octanol–water partition coefficient (Wildman–Crippen LogP) is 4.30. The summed E-state index contributed by atoms with van der Waals surface area (Å²) in [4.78, 5) is 37.9. The van der Waals surface area contributed by atoms with Crippen LogP contribution in [0.15, 0.2) is 121 Å². The summed E-state index contributed by atoms with van der Waals surface area (Å²) >= 11 is 0. The molecule has 0 aromatic heterocycles. The Morgan fingerprint density at radius 3 is 1.37 bits per heavy atom. The number of allylic oxidation sites excluding steroid dienone is 1. The molecule has 0 spiro atoms. The molecule has 4 aromatic rings. The zero-order chi connectivity index (χ0) is 24.4. The fourth-order valence-corrected chi connectivity index (χ4v) is 8.86. The number of nitro benzene ring substituents is 1. The molecule has 0 heterocycles. The Labute approximate surface area is 202 Å². The van der Waals surface area contributed by atoms with Gasteiger partial charge in [0.25, 0.3) is 5.69 Å². The van der Waals surface area contributed by atoms with E-state index in [1.165, 1.54) is 30.3 Å². The van der Waals surface area contributed by atoms with E-state index in [1.807, 2.05) is 91.0 Å². The molecule has 6 heteroatoms. The number of hydrogen-bond acceptors (Lipinski definition) is 4. The molecule has 0 saturated heterocycles. The van der Waals surface area contributed by atoms with Crippen LogP contribution in [0.1, 0.15) is 5.56 Å². The summed E-state index contributed by atoms with van der Waals surface area (Å²) in [5.74, 6) is -0.559. The van der Waals surface area contributed by atoms with Gasteiger partial charge < -0.3 is 0 Å². The Bertz CT molecular complexity index is 1400. The van der Waals surface area contributed by atoms with Crippen LogP contribution in [0.5, 0.6) is 0 Å². The second-order valence-electron chi connectivity index (χ2n) is 8.09. The van der Waals surface area contributed by atoms with Crippen LogP contribution in [0.2, 0.25) is 0 Å². The molecular formula is C29H20NO4P. The van der Waals surface area contributed by atoms with Crippen LogP contribution in [0.4, 0.5) is 5.69 Å². The van der Waals surface area contributed by atoms with Gasteiger partial charge in [0, 0.05) is 12.1 Å². The molecule has 1 aliphatic carbocycles. The lowest BCUT2D eigenvalue weighted by Gasteiger charge is -2.35. The summed E-state index contributed by atoms with van der Waals surface area (Å²) in [6.07, 6.45) is 1.52. The molecular weight excluding hydrogens is 457 g/mol. The summed E-state index contributed by atoms with van der Waals surface area (Å²) in [6, 6.07) is 35.0. The molecule has 0 amide bonds. The Morgan fingerprint density at radius 1 is 0.600 bits per heavy atom. The van der Waals surface area contributed by atoms with Gasteiger partial charge in [-0.1, -0.05) is 91.0 Å². The first kappa shape index (κ1) is 22.5. The number of Topliss-reactive ketones (excluding diaryl/α,β-unsaturated/α-hetero) is 2. The summed E-state index contributed by atoms with van der Waals surface area (Å²) in [6.45, 7) is -2.75. The van der Waals surface area contributed by atoms with Crippen molar-refractivity contribution in [3.8, 4) is 0 Å². The van der Waals surface area contributed by atoms with Gasteiger partial charge in [0.1, 0.15) is 0 Å². The van der Waals surface area contributed by atoms with Gasteiger partial charge in [0.2, 0.25) is 11.6 Å². The number of non-ortho nitro benzene ring substituents is 1. The van der Waals surface area contributed by atoms with Crippen molar-refractivity contribution in [2.24, 2.45) is 0 Å². The van der Waals surface area contributed by atoms with Gasteiger partial charge in [-0.2, -0.15) is 0 Å². The average Bonchev–Trinajstić information content (AvgIpc) is 2.92. The van der Waals surface area contributed by atoms with Gasteiger partial charge in [-0.25, -0.2) is 0 Å². The van der Waals surface area contributed by atoms with Crippen LogP contribution in [0.25, 0.3) is 6.08 Å². The number of nitrogens with zero attached hydrogens (tertiary/aromatic N) is 1. The van der Waals surface area contributed by atoms with E-state index in [4.69, 9.17) is 0 Å². The van der Waals surface area contributed by atoms with Crippen molar-refractivity contribution in [2.75, 3.05) is 0 Å². The number of benzene rings is 4. The van der Waals surface area contributed by atoms with E-state index < -0.39 is 11.8 Å². The monoisotopic (exact) mass is 477 g/mol. The minimum atomic E-state index is -2.75. The second-order valence-corrected chi connectivity index (χ2v) is 11.4. The Balaban J connectivity index is 1.77. The van der Waals surface area contributed by atoms with Gasteiger partial charge in [0.15, 0.2) is 0 Å². The molecule has 1 fully saturated rings. The smallest absolute Gasteiger partial charge is 0.269 e. The zero-order valence-electron chi connectivity index (χ0n) is 18.6. The molecule has 0 N–H and O–H groups in total. The summed E-state index contributed by atoms with van der Waals surface area (Å²) < 4.78 is 0. The molecule has 0 bridgehead atoms. The standard InChI is InChI=1S/C29H20NO4P/c31-27-26(20-21-16-18-22(19-17-21)30(33)34)28(32)29(27)35(23-10-4-1-5-11-23,24-12-6-2-7-13-24)25-14-8-3-9-15-25/h1-20H. The van der Waals surface area contributed by atoms with Gasteiger partial charge in [0.05, 0.1) is 15.8 Å². The lowest BCUT2D eigenvalue weighted by atomic mass is 9.87. The van der Waals surface area contributed by atoms with Crippen LogP contribution < -0.4 is 15.9 Å². The van der Waals surface area contributed by atoms with E-state index in [-0.39, 0.29) is 22.8 Å². The molecule has 0 atom stereocenters. The highest BCUT2D eigenvalue weighted by Gasteiger charge is 2.46. The minimum absolute atomic E-state index is 0.0483. The van der Waals surface area contributed by atoms with Gasteiger partial charge in [-0.3, -0.25) is 19.7 Å². The van der Waals surface area contributed by atoms with Crippen molar-refractivity contribution in [3.63, 3.8) is 0 Å². The highest BCUT2D eigenvalue weighted by molar-refractivity contribution is 7.98. The van der Waals surface area contributed by atoms with Crippen molar-refractivity contribution < 1.29 is 14.5 Å². The van der Waals surface area contributed by atoms with Crippen molar-refractivity contribution in [1.29, 1.82) is 0 Å². The Morgan fingerprint density at radius 2 is 1.00 bits per heavy atom. The maximum atomic E-state index is 13.7. The van der Waals surface area contributed by atoms with E-state index >= 15 is 0 Å². The molecule has 35 heavy (non-hydrogen) atoms. The topological polar surface area (TPSA) is 77.3 Å². The molecule has 1 aliphatic rings. The fraction of sp³-hybridized carbons (Fsp3) is 0. The van der Waals surface area contributed by atoms with Crippen molar-refractivity contribution in [2.45, 2.75) is 0 Å². The van der Waals surface area contributed by atoms with Gasteiger partial charge >= 0.3 is 0 Å². The van der Waals surface area contributed by atoms with Gasteiger partial charge in [-0.15, -0.1) is 0 Å². The van der Waals surface area contributed by atoms with Crippen molar-refractivity contribution in [1.82, 2.24) is 0 Å². The highest BCUT2D eigenvalue weighted by atomic mass is 31.2. The third-order valence-corrected chi connectivity index (χ3v) is 10.4. The Kier molecular flexibility index (Phi) is 5.86. The quantitative estimate of drug-likeness (QED) is 0.141. The summed E-state index contributed by atoms with van der Waals surface area (Å²) in [7, 11) is 0. The molecule has 0 radical (unpaired) electrons. The Hall–Kier alpha value is -4.34. The minimum Gasteiger partial charge on any atom is -0.288 e. The second kappa shape index (κ2) is 9.13. The zero-order valence-corrected chi connectivity index (χ0v) is 19.5. The first-order valence-corrected chi connectivity index (χ1v) is 12.8. The molecule has 170 valence electrons. The van der Waals surface area contributed by atoms with E-state index in [2.05, 4.69) is 0 Å². The van der Waals surface area contributed by atoms with E-state index in [0.29, 0.717) is 10.9 Å². The van der Waals surface area contributed by atoms with E-state index in [1.54, 1.807) is 0 Å². The maximum Gasteiger partial charge on any atom is 0.269 e. The fourth-order valence-electron chi connectivity index (χ4n) is 4.48. The maximum absolute atomic E-state index is 13.7. The molecule has 0 unspecified atom stereocenters. The molecule has 5 rings (SSSR count). The number of carbonyl (C=O) groups is 2. The average molecular weight is 477 g/mol. The normalized spacial score (nSPS) is 13.4. The highest BCUT2D eigenvalue weighted by Crippen LogP contribution is 2.49. The van der Waals surface area contributed by atoms with Crippen molar-refractivity contribution >= 4 is 51.4 Å². The van der Waals surface area contributed by atoms with Crippen LogP contribution in [-0.4, -0.2) is 21.8 Å². The number of carbonyl (C=O) groups excluding carboxylic acids is 2. The number of hydrogen-bond donors (Lipinski definition) is 0. The summed E-state index contributed by atoms with van der Waals surface area (Å²) in [5.41, 5.74) is 0.614. The van der Waals surface area contributed by atoms with Crippen LogP contribution in [0.3, 0.4) is 0 Å². The van der Waals surface area contributed by atoms with Crippen LogP contribution in [0, 0.1) is 10.1 Å². The molecule has 1 saturated carbocycles. The SMILES string of the molecule is O=C1C(=Cc2ccc([N+](=O)[O-])cc2)C(=O)C1=P(c1ccccc1)(c1ccccc1)c1ccccc1. The molecule has 4 aromatic carbocycles. The largest absolute Gasteiger partial charge is 0.288 e. The summed E-state index contributed by atoms with van der Waals surface area (Å²) in [5, 5.41) is 14.0.